The van der Waals surface area contributed by atoms with Crippen LogP contribution in [0.1, 0.15) is 45.6 Å². The van der Waals surface area contributed by atoms with Gasteiger partial charge in [-0.15, -0.1) is 11.3 Å². The molecular formula is C31H25Cl2N2O3S-. The Balaban J connectivity index is 0.00000308. The standard InChI is InChI=1S/C31H25ClN2O3S.ClH/c1-37-23-14-10-19(11-15-23)21-17-25-29(27(35)18-21)30(28-7-4-16-38-28)34(26-6-3-2-5-24(26)33-25)31(36)20-8-12-22(32)13-9-20;/h2-16,21,30,33H,17-18H2,1H3;1H/p-1. The molecule has 0 saturated carbocycles. The Bertz CT molecular complexity index is 1530. The molecule has 1 N–H and O–H groups in total. The summed E-state index contributed by atoms with van der Waals surface area (Å²) in [5, 5.41) is 6.12. The first-order valence-corrected chi connectivity index (χ1v) is 13.7. The maximum absolute atomic E-state index is 14.2. The average Bonchev–Trinajstić information content (AvgIpc) is 3.43. The van der Waals surface area contributed by atoms with E-state index in [-0.39, 0.29) is 30.0 Å². The number of anilines is 2. The maximum Gasteiger partial charge on any atom is 0.259 e. The summed E-state index contributed by atoms with van der Waals surface area (Å²) in [5.41, 5.74) is 4.63. The molecule has 6 rings (SSSR count). The van der Waals surface area contributed by atoms with E-state index in [4.69, 9.17) is 16.3 Å². The van der Waals surface area contributed by atoms with Crippen molar-refractivity contribution in [1.29, 1.82) is 0 Å². The number of nitrogens with zero attached hydrogens (tertiary/aromatic N) is 1. The zero-order valence-electron chi connectivity index (χ0n) is 21.1. The molecule has 8 heteroatoms. The third-order valence-corrected chi connectivity index (χ3v) is 8.38. The Morgan fingerprint density at radius 1 is 0.974 bits per heavy atom. The quantitative estimate of drug-likeness (QED) is 0.385. The number of carbonyl (C=O) groups is 2. The van der Waals surface area contributed by atoms with Crippen molar-refractivity contribution in [2.24, 2.45) is 0 Å². The number of allylic oxidation sites excluding steroid dienone is 1. The van der Waals surface area contributed by atoms with Crippen LogP contribution in [-0.4, -0.2) is 18.8 Å². The van der Waals surface area contributed by atoms with Crippen LogP contribution in [-0.2, 0) is 4.79 Å². The number of hydrogen-bond donors (Lipinski definition) is 1. The van der Waals surface area contributed by atoms with Gasteiger partial charge < -0.3 is 22.5 Å². The van der Waals surface area contributed by atoms with Crippen molar-refractivity contribution >= 4 is 46.0 Å². The van der Waals surface area contributed by atoms with Crippen LogP contribution < -0.4 is 27.4 Å². The van der Waals surface area contributed by atoms with Crippen molar-refractivity contribution in [2.45, 2.75) is 24.8 Å². The second kappa shape index (κ2) is 11.3. The molecule has 198 valence electrons. The van der Waals surface area contributed by atoms with Gasteiger partial charge in [-0.25, -0.2) is 0 Å². The number of benzene rings is 3. The van der Waals surface area contributed by atoms with Crippen LogP contribution in [0.15, 0.2) is 102 Å². The zero-order chi connectivity index (χ0) is 26.2. The Morgan fingerprint density at radius 3 is 2.41 bits per heavy atom. The largest absolute Gasteiger partial charge is 1.00 e. The lowest BCUT2D eigenvalue weighted by Gasteiger charge is -2.34. The number of Topliss-reactive ketones (excluding diaryl/α,β-unsaturated/α-hetero) is 1. The summed E-state index contributed by atoms with van der Waals surface area (Å²) in [7, 11) is 1.64. The lowest BCUT2D eigenvalue weighted by Crippen LogP contribution is -3.00. The van der Waals surface area contributed by atoms with Gasteiger partial charge in [0.25, 0.3) is 5.91 Å². The number of halogens is 2. The average molecular weight is 577 g/mol. The first-order chi connectivity index (χ1) is 18.5. The molecule has 2 heterocycles. The van der Waals surface area contributed by atoms with Gasteiger partial charge in [-0.05, 0) is 77.9 Å². The molecule has 0 radical (unpaired) electrons. The Hall–Kier alpha value is -3.58. The van der Waals surface area contributed by atoms with E-state index in [1.165, 1.54) is 0 Å². The van der Waals surface area contributed by atoms with Gasteiger partial charge >= 0.3 is 0 Å². The number of rotatable bonds is 4. The van der Waals surface area contributed by atoms with E-state index in [1.807, 2.05) is 66.0 Å². The third-order valence-electron chi connectivity index (χ3n) is 7.20. The minimum absolute atomic E-state index is 0. The number of nitrogens with one attached hydrogen (secondary N) is 1. The molecular weight excluding hydrogens is 551 g/mol. The van der Waals surface area contributed by atoms with Crippen LogP contribution in [0, 0.1) is 0 Å². The summed E-state index contributed by atoms with van der Waals surface area (Å²) in [6.45, 7) is 0. The van der Waals surface area contributed by atoms with Crippen molar-refractivity contribution < 1.29 is 26.7 Å². The molecule has 2 aliphatic rings. The monoisotopic (exact) mass is 575 g/mol. The Kier molecular flexibility index (Phi) is 7.80. The molecule has 2 atom stereocenters. The Morgan fingerprint density at radius 2 is 1.72 bits per heavy atom. The lowest BCUT2D eigenvalue weighted by atomic mass is 9.79. The van der Waals surface area contributed by atoms with E-state index in [2.05, 4.69) is 5.32 Å². The predicted octanol–water partition coefficient (Wildman–Crippen LogP) is 4.63. The molecule has 3 aromatic carbocycles. The molecule has 1 aliphatic heterocycles. The van der Waals surface area contributed by atoms with Gasteiger partial charge in [0.05, 0.1) is 18.5 Å². The fraction of sp³-hybridized carbons (Fsp3) is 0.161. The molecule has 0 fully saturated rings. The molecule has 4 aromatic rings. The number of methoxy groups -OCH3 is 1. The van der Waals surface area contributed by atoms with Crippen molar-refractivity contribution in [3.63, 3.8) is 0 Å². The number of para-hydroxylation sites is 2. The highest BCUT2D eigenvalue weighted by Gasteiger charge is 2.42. The molecule has 5 nitrogen and oxygen atoms in total. The van der Waals surface area contributed by atoms with Crippen LogP contribution in [0.2, 0.25) is 5.02 Å². The summed E-state index contributed by atoms with van der Waals surface area (Å²) >= 11 is 7.67. The van der Waals surface area contributed by atoms with Crippen molar-refractivity contribution in [3.8, 4) is 5.75 Å². The molecule has 0 spiro atoms. The van der Waals surface area contributed by atoms with Crippen molar-refractivity contribution in [2.75, 3.05) is 17.3 Å². The number of thiophene rings is 1. The van der Waals surface area contributed by atoms with E-state index < -0.39 is 6.04 Å². The smallest absolute Gasteiger partial charge is 0.259 e. The van der Waals surface area contributed by atoms with Gasteiger partial charge in [0.2, 0.25) is 0 Å². The molecule has 1 aliphatic carbocycles. The van der Waals surface area contributed by atoms with Crippen molar-refractivity contribution in [3.05, 3.63) is 123 Å². The number of ketones is 1. The zero-order valence-corrected chi connectivity index (χ0v) is 23.4. The second-order valence-electron chi connectivity index (χ2n) is 9.44. The molecule has 39 heavy (non-hydrogen) atoms. The topological polar surface area (TPSA) is 58.6 Å². The summed E-state index contributed by atoms with van der Waals surface area (Å²) in [6, 6.07) is 26.0. The summed E-state index contributed by atoms with van der Waals surface area (Å²) in [6.07, 6.45) is 1.03. The molecule has 1 amide bonds. The number of ether oxygens (including phenoxy) is 1. The fourth-order valence-electron chi connectivity index (χ4n) is 5.37. The highest BCUT2D eigenvalue weighted by atomic mass is 35.5. The van der Waals surface area contributed by atoms with Crippen molar-refractivity contribution in [1.82, 2.24) is 0 Å². The number of carbonyl (C=O) groups excluding carboxylic acids is 2. The molecule has 0 bridgehead atoms. The molecule has 2 unspecified atom stereocenters. The Labute approximate surface area is 242 Å². The van der Waals surface area contributed by atoms with E-state index in [1.54, 1.807) is 47.6 Å². The first kappa shape index (κ1) is 27.0. The van der Waals surface area contributed by atoms with Gasteiger partial charge in [0, 0.05) is 33.2 Å². The fourth-order valence-corrected chi connectivity index (χ4v) is 6.32. The minimum Gasteiger partial charge on any atom is -1.00 e. The number of amides is 1. The van der Waals surface area contributed by atoms with Crippen LogP contribution in [0.5, 0.6) is 5.75 Å². The molecule has 0 saturated heterocycles. The molecule has 1 aromatic heterocycles. The highest BCUT2D eigenvalue weighted by molar-refractivity contribution is 7.10. The van der Waals surface area contributed by atoms with Gasteiger partial charge in [0.1, 0.15) is 11.8 Å². The summed E-state index contributed by atoms with van der Waals surface area (Å²) < 4.78 is 5.32. The third kappa shape index (κ3) is 5.08. The van der Waals surface area contributed by atoms with Gasteiger partial charge in [0.15, 0.2) is 5.78 Å². The summed E-state index contributed by atoms with van der Waals surface area (Å²) in [5.74, 6) is 0.661. The first-order valence-electron chi connectivity index (χ1n) is 12.4. The SMILES string of the molecule is COc1ccc(C2CC(=O)C3=C(C2)Nc2ccccc2N(C(=O)c2ccc(Cl)cc2)C3c2cccs2)cc1.[Cl-]. The second-order valence-corrected chi connectivity index (χ2v) is 10.9. The van der Waals surface area contributed by atoms with E-state index in [0.29, 0.717) is 29.0 Å². The number of hydrogen-bond acceptors (Lipinski definition) is 5. The highest BCUT2D eigenvalue weighted by Crippen LogP contribution is 2.48. The maximum atomic E-state index is 14.2. The van der Waals surface area contributed by atoms with Gasteiger partial charge in [-0.3, -0.25) is 14.5 Å². The van der Waals surface area contributed by atoms with E-state index >= 15 is 0 Å². The van der Waals surface area contributed by atoms with Crippen LogP contribution in [0.3, 0.4) is 0 Å². The predicted molar refractivity (Wildman–Crippen MR) is 152 cm³/mol. The van der Waals surface area contributed by atoms with E-state index in [0.717, 1.165) is 33.3 Å². The van der Waals surface area contributed by atoms with E-state index in [9.17, 15) is 9.59 Å². The number of fused-ring (bicyclic) bond motifs is 1. The van der Waals surface area contributed by atoms with Gasteiger partial charge in [-0.1, -0.05) is 41.9 Å². The summed E-state index contributed by atoms with van der Waals surface area (Å²) in [4.78, 5) is 30.9. The minimum atomic E-state index is -0.548. The van der Waals surface area contributed by atoms with Crippen LogP contribution in [0.25, 0.3) is 0 Å². The van der Waals surface area contributed by atoms with Crippen LogP contribution in [0.4, 0.5) is 11.4 Å². The normalized spacial score (nSPS) is 18.3. The van der Waals surface area contributed by atoms with Crippen LogP contribution >= 0.6 is 22.9 Å². The lowest BCUT2D eigenvalue weighted by molar-refractivity contribution is -0.116. The van der Waals surface area contributed by atoms with Gasteiger partial charge in [-0.2, -0.15) is 0 Å².